The van der Waals surface area contributed by atoms with Crippen LogP contribution in [0.2, 0.25) is 0 Å². The molecule has 1 aromatic heterocycles. The third-order valence-corrected chi connectivity index (χ3v) is 4.86. The Hall–Kier alpha value is -2.39. The molecule has 3 heterocycles. The highest BCUT2D eigenvalue weighted by Crippen LogP contribution is 2.32. The number of hydrogen-bond donors (Lipinski definition) is 1. The molecule has 2 aliphatic heterocycles. The largest absolute Gasteiger partial charge is 0.490 e. The Morgan fingerprint density at radius 2 is 1.88 bits per heavy atom. The Morgan fingerprint density at radius 3 is 2.41 bits per heavy atom. The zero-order valence-corrected chi connectivity index (χ0v) is 17.1. The third-order valence-electron chi connectivity index (χ3n) is 4.86. The number of hydrogen-bond acceptors (Lipinski definition) is 6. The van der Waals surface area contributed by atoms with Crippen molar-refractivity contribution < 1.29 is 50.5 Å². The van der Waals surface area contributed by atoms with E-state index in [1.807, 2.05) is 0 Å². The maximum atomic E-state index is 13.1. The lowest BCUT2D eigenvalue weighted by atomic mass is 10.1. The molecule has 0 saturated carbocycles. The number of carboxylic acid groups (broad SMARTS) is 1. The molecule has 2 fully saturated rings. The fraction of sp³-hybridized carbons (Fsp3) is 0.706. The molecule has 9 nitrogen and oxygen atoms in total. The van der Waals surface area contributed by atoms with Crippen molar-refractivity contribution in [2.45, 2.75) is 24.5 Å². The number of amides is 1. The second-order valence-corrected chi connectivity index (χ2v) is 7.08. The molecule has 1 amide bonds. The van der Waals surface area contributed by atoms with Gasteiger partial charge in [0.2, 0.25) is 0 Å². The van der Waals surface area contributed by atoms with Crippen LogP contribution >= 0.6 is 0 Å². The van der Waals surface area contributed by atoms with Crippen molar-refractivity contribution in [1.29, 1.82) is 0 Å². The average Bonchev–Trinajstić information content (AvgIpc) is 3.29. The first-order chi connectivity index (χ1) is 14.8. The van der Waals surface area contributed by atoms with Gasteiger partial charge in [-0.05, 0) is 0 Å². The van der Waals surface area contributed by atoms with Gasteiger partial charge in [0.15, 0.2) is 5.69 Å². The number of likely N-dealkylation sites (tertiary alicyclic amines) is 1. The van der Waals surface area contributed by atoms with Crippen molar-refractivity contribution in [2.75, 3.05) is 46.5 Å². The molecule has 0 aliphatic carbocycles. The van der Waals surface area contributed by atoms with Crippen LogP contribution in [0, 0.1) is 0 Å². The fourth-order valence-corrected chi connectivity index (χ4v) is 3.44. The van der Waals surface area contributed by atoms with Gasteiger partial charge in [-0.1, -0.05) is 0 Å². The summed E-state index contributed by atoms with van der Waals surface area (Å²) >= 11 is 0. The number of alkyl halides is 6. The molecule has 0 unspecified atom stereocenters. The molecule has 15 heteroatoms. The maximum Gasteiger partial charge on any atom is 0.490 e. The van der Waals surface area contributed by atoms with E-state index >= 15 is 0 Å². The third kappa shape index (κ3) is 6.32. The molecule has 2 saturated heterocycles. The minimum atomic E-state index is -5.08. The molecule has 0 bridgehead atoms. The average molecular weight is 476 g/mol. The Morgan fingerprint density at radius 1 is 1.25 bits per heavy atom. The van der Waals surface area contributed by atoms with Gasteiger partial charge in [-0.3, -0.25) is 14.4 Å². The normalized spacial score (nSPS) is 21.7. The van der Waals surface area contributed by atoms with Crippen LogP contribution in [0.3, 0.4) is 0 Å². The summed E-state index contributed by atoms with van der Waals surface area (Å²) in [5.74, 6) is -3.42. The number of aliphatic carboxylic acids is 1. The van der Waals surface area contributed by atoms with E-state index in [0.717, 1.165) is 10.9 Å². The van der Waals surface area contributed by atoms with E-state index in [0.29, 0.717) is 32.8 Å². The number of ether oxygens (including phenoxy) is 2. The molecule has 1 aromatic rings. The summed E-state index contributed by atoms with van der Waals surface area (Å²) in [4.78, 5) is 25.2. The number of halogens is 6. The summed E-state index contributed by atoms with van der Waals surface area (Å²) in [7, 11) is 2.98. The summed E-state index contributed by atoms with van der Waals surface area (Å²) in [6, 6.07) is -0.0288. The summed E-state index contributed by atoms with van der Waals surface area (Å²) in [6.45, 7) is 3.11. The standard InChI is InChI=1S/C15H21F3N4O3.C2HF3O2/c1-20-7-10(13(19-20)15(16,17)18)14(23)22-8-11-12(9-22)25-6-4-21(11)3-5-24-2;3-2(4,5)1(6)7/h7,11-12H,3-6,8-9H2,1-2H3;(H,6,7)/t11-,12+;/m1./s1. The lowest BCUT2D eigenvalue weighted by molar-refractivity contribution is -0.192. The van der Waals surface area contributed by atoms with Crippen molar-refractivity contribution in [3.05, 3.63) is 17.5 Å². The highest BCUT2D eigenvalue weighted by atomic mass is 19.4. The molecule has 0 radical (unpaired) electrons. The van der Waals surface area contributed by atoms with Gasteiger partial charge in [0, 0.05) is 46.5 Å². The topological polar surface area (TPSA) is 97.1 Å². The summed E-state index contributed by atoms with van der Waals surface area (Å²) < 4.78 is 82.9. The fourth-order valence-electron chi connectivity index (χ4n) is 3.44. The van der Waals surface area contributed by atoms with Crippen LogP contribution in [-0.4, -0.2) is 101 Å². The van der Waals surface area contributed by atoms with Gasteiger partial charge >= 0.3 is 18.3 Å². The Labute approximate surface area is 178 Å². The first kappa shape index (κ1) is 25.9. The molecule has 2 aliphatic rings. The second kappa shape index (κ2) is 10.0. The lowest BCUT2D eigenvalue weighted by Crippen LogP contribution is -2.51. The lowest BCUT2D eigenvalue weighted by Gasteiger charge is -2.36. The monoisotopic (exact) mass is 476 g/mol. The van der Waals surface area contributed by atoms with Crippen molar-refractivity contribution in [3.8, 4) is 0 Å². The van der Waals surface area contributed by atoms with Crippen molar-refractivity contribution >= 4 is 11.9 Å². The van der Waals surface area contributed by atoms with E-state index in [-0.39, 0.29) is 18.7 Å². The number of methoxy groups -OCH3 is 1. The zero-order chi connectivity index (χ0) is 24.3. The Bertz CT molecular complexity index is 812. The predicted molar refractivity (Wildman–Crippen MR) is 94.8 cm³/mol. The quantitative estimate of drug-likeness (QED) is 0.654. The molecule has 32 heavy (non-hydrogen) atoms. The molecule has 0 aromatic carbocycles. The van der Waals surface area contributed by atoms with Gasteiger partial charge in [-0.15, -0.1) is 0 Å². The summed E-state index contributed by atoms with van der Waals surface area (Å²) in [5.41, 5.74) is -1.57. The number of rotatable bonds is 4. The van der Waals surface area contributed by atoms with Crippen molar-refractivity contribution in [3.63, 3.8) is 0 Å². The van der Waals surface area contributed by atoms with Crippen LogP contribution in [0.15, 0.2) is 6.20 Å². The maximum absolute atomic E-state index is 13.1. The van der Waals surface area contributed by atoms with Crippen LogP contribution in [0.25, 0.3) is 0 Å². The van der Waals surface area contributed by atoms with Crippen LogP contribution in [0.4, 0.5) is 26.3 Å². The van der Waals surface area contributed by atoms with Crippen LogP contribution in [0.5, 0.6) is 0 Å². The molecular formula is C17H22F6N4O5. The van der Waals surface area contributed by atoms with Crippen LogP contribution in [-0.2, 0) is 27.5 Å². The van der Waals surface area contributed by atoms with Gasteiger partial charge < -0.3 is 19.5 Å². The van der Waals surface area contributed by atoms with Gasteiger partial charge in [-0.25, -0.2) is 4.79 Å². The first-order valence-corrected chi connectivity index (χ1v) is 9.30. The van der Waals surface area contributed by atoms with Gasteiger partial charge in [0.25, 0.3) is 5.91 Å². The predicted octanol–water partition coefficient (Wildman–Crippen LogP) is 1.24. The number of carbonyl (C=O) groups excluding carboxylic acids is 1. The zero-order valence-electron chi connectivity index (χ0n) is 17.1. The molecule has 182 valence electrons. The van der Waals surface area contributed by atoms with E-state index in [1.54, 1.807) is 7.11 Å². The van der Waals surface area contributed by atoms with Crippen molar-refractivity contribution in [1.82, 2.24) is 19.6 Å². The number of morpholine rings is 1. The molecule has 2 atom stereocenters. The number of aryl methyl sites for hydroxylation is 1. The van der Waals surface area contributed by atoms with E-state index < -0.39 is 35.5 Å². The van der Waals surface area contributed by atoms with Gasteiger partial charge in [-0.2, -0.15) is 31.4 Å². The number of aromatic nitrogens is 2. The number of carboxylic acids is 1. The smallest absolute Gasteiger partial charge is 0.475 e. The van der Waals surface area contributed by atoms with E-state index in [4.69, 9.17) is 19.4 Å². The number of carbonyl (C=O) groups is 2. The summed E-state index contributed by atoms with van der Waals surface area (Å²) in [6.07, 6.45) is -8.82. The molecule has 3 rings (SSSR count). The molecule has 1 N–H and O–H groups in total. The van der Waals surface area contributed by atoms with E-state index in [2.05, 4.69) is 10.00 Å². The molecule has 0 spiro atoms. The highest BCUT2D eigenvalue weighted by molar-refractivity contribution is 5.95. The van der Waals surface area contributed by atoms with E-state index in [9.17, 15) is 31.1 Å². The second-order valence-electron chi connectivity index (χ2n) is 7.08. The van der Waals surface area contributed by atoms with Crippen LogP contribution < -0.4 is 0 Å². The SMILES string of the molecule is COCCN1CCO[C@H]2CN(C(=O)c3cn(C)nc3C(F)(F)F)C[C@H]21.O=C(O)C(F)(F)F. The van der Waals surface area contributed by atoms with Gasteiger partial charge in [0.05, 0.1) is 30.9 Å². The Balaban J connectivity index is 0.000000451. The van der Waals surface area contributed by atoms with Crippen LogP contribution in [0.1, 0.15) is 16.1 Å². The van der Waals surface area contributed by atoms with Gasteiger partial charge in [0.1, 0.15) is 0 Å². The van der Waals surface area contributed by atoms with E-state index in [1.165, 1.54) is 11.9 Å². The molecular weight excluding hydrogens is 454 g/mol. The minimum Gasteiger partial charge on any atom is -0.475 e. The number of fused-ring (bicyclic) bond motifs is 1. The summed E-state index contributed by atoms with van der Waals surface area (Å²) in [5, 5.41) is 10.5. The number of nitrogens with zero attached hydrogens (tertiary/aromatic N) is 4. The Kier molecular flexibility index (Phi) is 8.12. The highest BCUT2D eigenvalue weighted by Gasteiger charge is 2.45. The first-order valence-electron chi connectivity index (χ1n) is 9.30. The minimum absolute atomic E-state index is 0.0288. The van der Waals surface area contributed by atoms with Crippen molar-refractivity contribution in [2.24, 2.45) is 7.05 Å².